The minimum Gasteiger partial charge on any atom is -0.313 e. The monoisotopic (exact) mass is 331 g/mol. The van der Waals surface area contributed by atoms with Gasteiger partial charge in [-0.2, -0.15) is 0 Å². The minimum atomic E-state index is -0.481. The van der Waals surface area contributed by atoms with Crippen LogP contribution >= 0.6 is 15.9 Å². The zero-order valence-electron chi connectivity index (χ0n) is 11.2. The van der Waals surface area contributed by atoms with Crippen LogP contribution in [0.3, 0.4) is 0 Å². The van der Waals surface area contributed by atoms with E-state index in [4.69, 9.17) is 0 Å². The van der Waals surface area contributed by atoms with Crippen molar-refractivity contribution in [3.8, 4) is 0 Å². The van der Waals surface area contributed by atoms with Crippen LogP contribution in [0.25, 0.3) is 0 Å². The normalized spacial score (nSPS) is 17.9. The molecule has 1 nitrogen and oxygen atoms in total. The Balaban J connectivity index is 2.10. The molecule has 0 radical (unpaired) electrons. The SMILES string of the molecule is CNC(CCC1CCCC1)c1c(F)ccc(Br)c1F. The summed E-state index contributed by atoms with van der Waals surface area (Å²) in [5.41, 5.74) is 0.162. The maximum atomic E-state index is 14.1. The van der Waals surface area contributed by atoms with Gasteiger partial charge in [-0.05, 0) is 53.9 Å². The molecule has 1 aromatic carbocycles. The van der Waals surface area contributed by atoms with E-state index in [1.165, 1.54) is 37.8 Å². The van der Waals surface area contributed by atoms with Gasteiger partial charge in [-0.25, -0.2) is 8.78 Å². The largest absolute Gasteiger partial charge is 0.313 e. The molecule has 0 aromatic heterocycles. The average Bonchev–Trinajstić information content (AvgIpc) is 2.91. The van der Waals surface area contributed by atoms with Crippen LogP contribution in [0.4, 0.5) is 8.78 Å². The van der Waals surface area contributed by atoms with Gasteiger partial charge in [0.1, 0.15) is 11.6 Å². The first kappa shape index (κ1) is 14.9. The topological polar surface area (TPSA) is 12.0 Å². The molecule has 2 rings (SSSR count). The Morgan fingerprint density at radius 1 is 1.32 bits per heavy atom. The van der Waals surface area contributed by atoms with Crippen molar-refractivity contribution in [1.82, 2.24) is 5.32 Å². The molecule has 1 saturated carbocycles. The summed E-state index contributed by atoms with van der Waals surface area (Å²) in [7, 11) is 1.76. The molecular formula is C15H20BrF2N. The van der Waals surface area contributed by atoms with Crippen LogP contribution in [0.5, 0.6) is 0 Å². The molecule has 0 amide bonds. The molecular weight excluding hydrogens is 312 g/mol. The van der Waals surface area contributed by atoms with Crippen LogP contribution < -0.4 is 5.32 Å². The van der Waals surface area contributed by atoms with Gasteiger partial charge in [0.2, 0.25) is 0 Å². The van der Waals surface area contributed by atoms with Crippen molar-refractivity contribution in [2.45, 2.75) is 44.6 Å². The van der Waals surface area contributed by atoms with E-state index in [9.17, 15) is 8.78 Å². The van der Waals surface area contributed by atoms with Crippen molar-refractivity contribution in [1.29, 1.82) is 0 Å². The van der Waals surface area contributed by atoms with Crippen LogP contribution in [-0.4, -0.2) is 7.05 Å². The Kier molecular flexibility index (Phi) is 5.34. The molecule has 1 N–H and O–H groups in total. The summed E-state index contributed by atoms with van der Waals surface area (Å²) in [6.45, 7) is 0. The molecule has 0 bridgehead atoms. The maximum absolute atomic E-state index is 14.1. The average molecular weight is 332 g/mol. The van der Waals surface area contributed by atoms with E-state index in [1.807, 2.05) is 0 Å². The third kappa shape index (κ3) is 3.54. The predicted molar refractivity (Wildman–Crippen MR) is 77.1 cm³/mol. The van der Waals surface area contributed by atoms with E-state index in [0.29, 0.717) is 4.47 Å². The first-order chi connectivity index (χ1) is 9.13. The number of hydrogen-bond acceptors (Lipinski definition) is 1. The molecule has 1 unspecified atom stereocenters. The highest BCUT2D eigenvalue weighted by atomic mass is 79.9. The lowest BCUT2D eigenvalue weighted by molar-refractivity contribution is 0.405. The van der Waals surface area contributed by atoms with Crippen LogP contribution in [0.2, 0.25) is 0 Å². The Morgan fingerprint density at radius 3 is 2.63 bits per heavy atom. The Labute approximate surface area is 121 Å². The van der Waals surface area contributed by atoms with Crippen LogP contribution in [0, 0.1) is 17.6 Å². The summed E-state index contributed by atoms with van der Waals surface area (Å²) in [6, 6.07) is 2.48. The van der Waals surface area contributed by atoms with E-state index >= 15 is 0 Å². The van der Waals surface area contributed by atoms with Crippen molar-refractivity contribution < 1.29 is 8.78 Å². The summed E-state index contributed by atoms with van der Waals surface area (Å²) in [4.78, 5) is 0. The van der Waals surface area contributed by atoms with Crippen LogP contribution in [0.15, 0.2) is 16.6 Å². The molecule has 1 atom stereocenters. The van der Waals surface area contributed by atoms with Crippen molar-refractivity contribution >= 4 is 15.9 Å². The first-order valence-corrected chi connectivity index (χ1v) is 7.73. The number of benzene rings is 1. The lowest BCUT2D eigenvalue weighted by Crippen LogP contribution is -2.20. The van der Waals surface area contributed by atoms with E-state index in [0.717, 1.165) is 18.8 Å². The second-order valence-electron chi connectivity index (χ2n) is 5.33. The second-order valence-corrected chi connectivity index (χ2v) is 6.18. The van der Waals surface area contributed by atoms with Crippen molar-refractivity contribution in [2.75, 3.05) is 7.05 Å². The Bertz CT molecular complexity index is 430. The summed E-state index contributed by atoms with van der Waals surface area (Å²) >= 11 is 3.13. The highest BCUT2D eigenvalue weighted by molar-refractivity contribution is 9.10. The van der Waals surface area contributed by atoms with Gasteiger partial charge in [0.15, 0.2) is 0 Å². The van der Waals surface area contributed by atoms with Gasteiger partial charge in [0.25, 0.3) is 0 Å². The lowest BCUT2D eigenvalue weighted by Gasteiger charge is -2.20. The number of hydrogen-bond donors (Lipinski definition) is 1. The summed E-state index contributed by atoms with van der Waals surface area (Å²) in [5.74, 6) is -0.216. The summed E-state index contributed by atoms with van der Waals surface area (Å²) < 4.78 is 28.3. The van der Waals surface area contributed by atoms with Gasteiger partial charge in [0, 0.05) is 11.6 Å². The highest BCUT2D eigenvalue weighted by Gasteiger charge is 2.23. The molecule has 0 spiro atoms. The van der Waals surface area contributed by atoms with Crippen molar-refractivity contribution in [3.63, 3.8) is 0 Å². The Hall–Kier alpha value is -0.480. The van der Waals surface area contributed by atoms with E-state index < -0.39 is 11.6 Å². The molecule has 0 saturated heterocycles. The molecule has 1 aliphatic rings. The third-order valence-corrected chi connectivity index (χ3v) is 4.73. The van der Waals surface area contributed by atoms with E-state index in [2.05, 4.69) is 21.2 Å². The number of rotatable bonds is 5. The lowest BCUT2D eigenvalue weighted by atomic mass is 9.94. The fourth-order valence-electron chi connectivity index (χ4n) is 3.00. The molecule has 0 heterocycles. The van der Waals surface area contributed by atoms with Gasteiger partial charge in [-0.3, -0.25) is 0 Å². The van der Waals surface area contributed by atoms with Crippen LogP contribution in [-0.2, 0) is 0 Å². The molecule has 106 valence electrons. The van der Waals surface area contributed by atoms with Gasteiger partial charge < -0.3 is 5.32 Å². The third-order valence-electron chi connectivity index (χ3n) is 4.11. The molecule has 19 heavy (non-hydrogen) atoms. The van der Waals surface area contributed by atoms with Gasteiger partial charge in [0.05, 0.1) is 4.47 Å². The van der Waals surface area contributed by atoms with E-state index in [1.54, 1.807) is 7.05 Å². The second kappa shape index (κ2) is 6.80. The van der Waals surface area contributed by atoms with Gasteiger partial charge >= 0.3 is 0 Å². The molecule has 4 heteroatoms. The van der Waals surface area contributed by atoms with Gasteiger partial charge in [-0.15, -0.1) is 0 Å². The maximum Gasteiger partial charge on any atom is 0.145 e. The fraction of sp³-hybridized carbons (Fsp3) is 0.600. The number of halogens is 3. The standard InChI is InChI=1S/C15H20BrF2N/c1-19-13(9-6-10-4-2-3-5-10)14-12(17)8-7-11(16)15(14)18/h7-8,10,13,19H,2-6,9H2,1H3. The first-order valence-electron chi connectivity index (χ1n) is 6.94. The molecule has 1 aromatic rings. The summed E-state index contributed by atoms with van der Waals surface area (Å²) in [5, 5.41) is 3.05. The zero-order valence-corrected chi connectivity index (χ0v) is 12.8. The van der Waals surface area contributed by atoms with Crippen LogP contribution in [0.1, 0.15) is 50.1 Å². The van der Waals surface area contributed by atoms with Crippen molar-refractivity contribution in [2.24, 2.45) is 5.92 Å². The van der Waals surface area contributed by atoms with E-state index in [-0.39, 0.29) is 11.6 Å². The zero-order chi connectivity index (χ0) is 13.8. The summed E-state index contributed by atoms with van der Waals surface area (Å²) in [6.07, 6.45) is 6.95. The number of nitrogens with one attached hydrogen (secondary N) is 1. The van der Waals surface area contributed by atoms with Gasteiger partial charge in [-0.1, -0.05) is 25.7 Å². The molecule has 1 aliphatic carbocycles. The fourth-order valence-corrected chi connectivity index (χ4v) is 3.34. The smallest absolute Gasteiger partial charge is 0.145 e. The highest BCUT2D eigenvalue weighted by Crippen LogP contribution is 2.33. The van der Waals surface area contributed by atoms with Crippen molar-refractivity contribution in [3.05, 3.63) is 33.8 Å². The minimum absolute atomic E-state index is 0.162. The Morgan fingerprint density at radius 2 is 2.00 bits per heavy atom. The molecule has 1 fully saturated rings. The predicted octanol–water partition coefficient (Wildman–Crippen LogP) is 4.96. The molecule has 0 aliphatic heterocycles. The quantitative estimate of drug-likeness (QED) is 0.752.